The van der Waals surface area contributed by atoms with Crippen molar-refractivity contribution in [2.45, 2.75) is 20.8 Å². The van der Waals surface area contributed by atoms with Crippen LogP contribution in [0.3, 0.4) is 0 Å². The van der Waals surface area contributed by atoms with Crippen molar-refractivity contribution in [3.63, 3.8) is 0 Å². The Balaban J connectivity index is 2.36. The highest BCUT2D eigenvalue weighted by atomic mass is 35.5. The molecule has 94 valence electrons. The monoisotopic (exact) mass is 260 g/mol. The molecule has 0 saturated carbocycles. The third-order valence-electron chi connectivity index (χ3n) is 2.83. The Bertz CT molecular complexity index is 571. The van der Waals surface area contributed by atoms with E-state index in [0.717, 1.165) is 16.9 Å². The van der Waals surface area contributed by atoms with Gasteiger partial charge in [-0.3, -0.25) is 0 Å². The molecule has 0 aliphatic heterocycles. The third kappa shape index (κ3) is 2.77. The molecule has 2 aromatic carbocycles. The lowest BCUT2D eigenvalue weighted by Crippen LogP contribution is -1.98. The van der Waals surface area contributed by atoms with Crippen molar-refractivity contribution in [3.8, 4) is 0 Å². The maximum atomic E-state index is 6.03. The van der Waals surface area contributed by atoms with E-state index in [4.69, 9.17) is 17.3 Å². The van der Waals surface area contributed by atoms with Crippen molar-refractivity contribution in [2.75, 3.05) is 11.1 Å². The fraction of sp³-hybridized carbons (Fsp3) is 0.200. The molecule has 0 heterocycles. The molecule has 0 aliphatic carbocycles. The summed E-state index contributed by atoms with van der Waals surface area (Å²) in [7, 11) is 0. The van der Waals surface area contributed by atoms with Gasteiger partial charge in [0.05, 0.1) is 11.4 Å². The zero-order chi connectivity index (χ0) is 13.3. The number of hydrogen-bond donors (Lipinski definition) is 2. The Kier molecular flexibility index (Phi) is 3.48. The van der Waals surface area contributed by atoms with Crippen LogP contribution in [0.5, 0.6) is 0 Å². The number of nitrogens with two attached hydrogens (primary N) is 1. The predicted molar refractivity (Wildman–Crippen MR) is 79.8 cm³/mol. The lowest BCUT2D eigenvalue weighted by Gasteiger charge is -2.12. The summed E-state index contributed by atoms with van der Waals surface area (Å²) in [5.41, 5.74) is 12.0. The molecule has 0 aromatic heterocycles. The van der Waals surface area contributed by atoms with Crippen molar-refractivity contribution in [2.24, 2.45) is 0 Å². The third-order valence-corrected chi connectivity index (χ3v) is 3.24. The zero-order valence-electron chi connectivity index (χ0n) is 10.8. The molecule has 0 unspecified atom stereocenters. The number of rotatable bonds is 2. The number of nitrogen functional groups attached to an aromatic ring is 1. The van der Waals surface area contributed by atoms with Gasteiger partial charge in [0.25, 0.3) is 0 Å². The first kappa shape index (κ1) is 12.8. The van der Waals surface area contributed by atoms with Crippen LogP contribution in [0.2, 0.25) is 5.02 Å². The topological polar surface area (TPSA) is 38.0 Å². The molecule has 0 fully saturated rings. The van der Waals surface area contributed by atoms with Gasteiger partial charge < -0.3 is 11.1 Å². The summed E-state index contributed by atoms with van der Waals surface area (Å²) in [5.74, 6) is 0. The first-order valence-electron chi connectivity index (χ1n) is 5.86. The van der Waals surface area contributed by atoms with Crippen LogP contribution in [0.25, 0.3) is 0 Å². The van der Waals surface area contributed by atoms with Gasteiger partial charge in [0.15, 0.2) is 0 Å². The number of hydrogen-bond acceptors (Lipinski definition) is 2. The van der Waals surface area contributed by atoms with E-state index in [2.05, 4.69) is 37.4 Å². The average molecular weight is 261 g/mol. The van der Waals surface area contributed by atoms with Crippen LogP contribution < -0.4 is 11.1 Å². The molecule has 3 heteroatoms. The average Bonchev–Trinajstić information content (AvgIpc) is 2.24. The minimum atomic E-state index is 0.657. The summed E-state index contributed by atoms with van der Waals surface area (Å²) in [6, 6.07) is 10.1. The quantitative estimate of drug-likeness (QED) is 0.775. The first-order valence-corrected chi connectivity index (χ1v) is 6.24. The Morgan fingerprint density at radius 1 is 0.944 bits per heavy atom. The molecule has 0 radical (unpaired) electrons. The van der Waals surface area contributed by atoms with E-state index >= 15 is 0 Å². The van der Waals surface area contributed by atoms with Gasteiger partial charge in [0.1, 0.15) is 0 Å². The summed E-state index contributed by atoms with van der Waals surface area (Å²) in [4.78, 5) is 0. The second-order valence-corrected chi connectivity index (χ2v) is 5.10. The van der Waals surface area contributed by atoms with Gasteiger partial charge in [-0.1, -0.05) is 17.7 Å². The molecular weight excluding hydrogens is 244 g/mol. The molecule has 0 atom stereocenters. The van der Waals surface area contributed by atoms with Gasteiger partial charge in [0.2, 0.25) is 0 Å². The van der Waals surface area contributed by atoms with Gasteiger partial charge in [0, 0.05) is 10.7 Å². The predicted octanol–water partition coefficient (Wildman–Crippen LogP) is 4.59. The Hall–Kier alpha value is -1.67. The van der Waals surface area contributed by atoms with Gasteiger partial charge in [-0.25, -0.2) is 0 Å². The molecular formula is C15H17ClN2. The van der Waals surface area contributed by atoms with Crippen LogP contribution in [0.15, 0.2) is 30.3 Å². The van der Waals surface area contributed by atoms with Crippen LogP contribution in [0.1, 0.15) is 16.7 Å². The van der Waals surface area contributed by atoms with E-state index in [-0.39, 0.29) is 0 Å². The highest BCUT2D eigenvalue weighted by Crippen LogP contribution is 2.29. The highest BCUT2D eigenvalue weighted by molar-refractivity contribution is 6.31. The maximum absolute atomic E-state index is 6.03. The molecule has 0 bridgehead atoms. The molecule has 0 aliphatic rings. The van der Waals surface area contributed by atoms with E-state index in [0.29, 0.717) is 10.7 Å². The van der Waals surface area contributed by atoms with Crippen molar-refractivity contribution >= 4 is 28.7 Å². The molecule has 0 spiro atoms. The summed E-state index contributed by atoms with van der Waals surface area (Å²) in [6.07, 6.45) is 0. The van der Waals surface area contributed by atoms with Gasteiger partial charge in [-0.2, -0.15) is 0 Å². The Morgan fingerprint density at radius 3 is 2.17 bits per heavy atom. The standard InChI is InChI=1S/C15H17ClN2/c1-9-4-10(2)6-12(5-9)18-15-7-11(3)13(16)8-14(15)17/h4-8,18H,17H2,1-3H3. The highest BCUT2D eigenvalue weighted by Gasteiger charge is 2.04. The molecule has 18 heavy (non-hydrogen) atoms. The minimum Gasteiger partial charge on any atom is -0.397 e. The van der Waals surface area contributed by atoms with Crippen molar-refractivity contribution < 1.29 is 0 Å². The summed E-state index contributed by atoms with van der Waals surface area (Å²) in [6.45, 7) is 6.12. The first-order chi connectivity index (χ1) is 8.45. The van der Waals surface area contributed by atoms with E-state index < -0.39 is 0 Å². The largest absolute Gasteiger partial charge is 0.397 e. The molecule has 2 nitrogen and oxygen atoms in total. The van der Waals surface area contributed by atoms with Crippen LogP contribution in [-0.4, -0.2) is 0 Å². The second kappa shape index (κ2) is 4.91. The SMILES string of the molecule is Cc1cc(C)cc(Nc2cc(C)c(Cl)cc2N)c1. The van der Waals surface area contributed by atoms with Gasteiger partial charge in [-0.05, 0) is 61.7 Å². The zero-order valence-corrected chi connectivity index (χ0v) is 11.6. The van der Waals surface area contributed by atoms with E-state index in [1.165, 1.54) is 11.1 Å². The smallest absolute Gasteiger partial charge is 0.0621 e. The van der Waals surface area contributed by atoms with Crippen LogP contribution >= 0.6 is 11.6 Å². The van der Waals surface area contributed by atoms with E-state index in [1.54, 1.807) is 6.07 Å². The molecule has 3 N–H and O–H groups in total. The maximum Gasteiger partial charge on any atom is 0.0621 e. The Morgan fingerprint density at radius 2 is 1.56 bits per heavy atom. The molecule has 2 rings (SSSR count). The number of aryl methyl sites for hydroxylation is 3. The number of nitrogens with one attached hydrogen (secondary N) is 1. The Labute approximate surface area is 113 Å². The normalized spacial score (nSPS) is 10.4. The number of halogens is 1. The van der Waals surface area contributed by atoms with Crippen LogP contribution in [0.4, 0.5) is 17.1 Å². The summed E-state index contributed by atoms with van der Waals surface area (Å²) in [5, 5.41) is 4.03. The molecule has 0 amide bonds. The fourth-order valence-corrected chi connectivity index (χ4v) is 2.18. The summed E-state index contributed by atoms with van der Waals surface area (Å²) < 4.78 is 0. The van der Waals surface area contributed by atoms with Gasteiger partial charge in [-0.15, -0.1) is 0 Å². The minimum absolute atomic E-state index is 0.657. The van der Waals surface area contributed by atoms with E-state index in [1.807, 2.05) is 13.0 Å². The molecule has 0 saturated heterocycles. The van der Waals surface area contributed by atoms with Crippen molar-refractivity contribution in [1.82, 2.24) is 0 Å². The summed E-state index contributed by atoms with van der Waals surface area (Å²) >= 11 is 6.03. The van der Waals surface area contributed by atoms with Crippen molar-refractivity contribution in [1.29, 1.82) is 0 Å². The molecule has 2 aromatic rings. The number of benzene rings is 2. The van der Waals surface area contributed by atoms with Crippen LogP contribution in [-0.2, 0) is 0 Å². The fourth-order valence-electron chi connectivity index (χ4n) is 2.01. The van der Waals surface area contributed by atoms with Gasteiger partial charge >= 0.3 is 0 Å². The van der Waals surface area contributed by atoms with Crippen LogP contribution in [0, 0.1) is 20.8 Å². The second-order valence-electron chi connectivity index (χ2n) is 4.69. The lowest BCUT2D eigenvalue weighted by atomic mass is 10.1. The lowest BCUT2D eigenvalue weighted by molar-refractivity contribution is 1.37. The van der Waals surface area contributed by atoms with Crippen molar-refractivity contribution in [3.05, 3.63) is 52.0 Å². The number of anilines is 3. The van der Waals surface area contributed by atoms with E-state index in [9.17, 15) is 0 Å².